The molecule has 0 heterocycles. The largest absolute Gasteiger partial charge is 0.297 e. The number of benzene rings is 1. The maximum atomic E-state index is 11.8. The number of hydrogen-bond acceptors (Lipinski definition) is 3. The van der Waals surface area contributed by atoms with Crippen LogP contribution in [0.15, 0.2) is 29.2 Å². The highest BCUT2D eigenvalue weighted by Gasteiger charge is 2.16. The van der Waals surface area contributed by atoms with Crippen LogP contribution in [0.4, 0.5) is 4.39 Å². The molecule has 0 fully saturated rings. The van der Waals surface area contributed by atoms with Crippen LogP contribution in [0.1, 0.15) is 12.0 Å². The lowest BCUT2D eigenvalue weighted by atomic mass is 10.2. The molecule has 15 heavy (non-hydrogen) atoms. The van der Waals surface area contributed by atoms with Gasteiger partial charge in [-0.2, -0.15) is 8.42 Å². The maximum Gasteiger partial charge on any atom is 0.297 e. The SMILES string of the molecule is Cc1ccccc1S(=O)(=O)OCCCF. The van der Waals surface area contributed by atoms with Crippen LogP contribution in [-0.2, 0) is 14.3 Å². The van der Waals surface area contributed by atoms with Crippen LogP contribution in [0, 0.1) is 6.92 Å². The molecule has 0 atom stereocenters. The van der Waals surface area contributed by atoms with Crippen molar-refractivity contribution in [2.75, 3.05) is 13.3 Å². The molecule has 1 aromatic rings. The van der Waals surface area contributed by atoms with E-state index < -0.39 is 16.8 Å². The fraction of sp³-hybridized carbons (Fsp3) is 0.400. The predicted molar refractivity (Wildman–Crippen MR) is 54.9 cm³/mol. The quantitative estimate of drug-likeness (QED) is 0.576. The zero-order valence-corrected chi connectivity index (χ0v) is 9.26. The number of halogens is 1. The number of rotatable bonds is 5. The van der Waals surface area contributed by atoms with Crippen LogP contribution in [0.2, 0.25) is 0 Å². The van der Waals surface area contributed by atoms with Crippen molar-refractivity contribution in [1.29, 1.82) is 0 Å². The van der Waals surface area contributed by atoms with Crippen molar-refractivity contribution < 1.29 is 17.0 Å². The van der Waals surface area contributed by atoms with E-state index in [9.17, 15) is 12.8 Å². The van der Waals surface area contributed by atoms with Gasteiger partial charge in [0.2, 0.25) is 0 Å². The Kier molecular flexibility index (Phi) is 4.23. The summed E-state index contributed by atoms with van der Waals surface area (Å²) in [6.45, 7) is 0.988. The molecule has 0 aliphatic heterocycles. The third-order valence-corrected chi connectivity index (χ3v) is 3.35. The van der Waals surface area contributed by atoms with Gasteiger partial charge in [-0.1, -0.05) is 18.2 Å². The second kappa shape index (κ2) is 5.23. The minimum absolute atomic E-state index is 0.0884. The highest BCUT2D eigenvalue weighted by Crippen LogP contribution is 2.16. The van der Waals surface area contributed by atoms with E-state index >= 15 is 0 Å². The van der Waals surface area contributed by atoms with E-state index in [4.69, 9.17) is 0 Å². The van der Waals surface area contributed by atoms with Crippen molar-refractivity contribution in [3.05, 3.63) is 29.8 Å². The average Bonchev–Trinajstić information content (AvgIpc) is 2.18. The Morgan fingerprint density at radius 1 is 1.33 bits per heavy atom. The van der Waals surface area contributed by atoms with Crippen LogP contribution in [0.5, 0.6) is 0 Å². The van der Waals surface area contributed by atoms with E-state index in [1.54, 1.807) is 25.1 Å². The standard InChI is InChI=1S/C10H13FO3S/c1-9-5-2-3-6-10(9)15(12,13)14-8-4-7-11/h2-3,5-6H,4,7-8H2,1H3. The number of alkyl halides is 1. The molecule has 3 nitrogen and oxygen atoms in total. The van der Waals surface area contributed by atoms with Gasteiger partial charge in [0, 0.05) is 6.42 Å². The molecule has 0 N–H and O–H groups in total. The second-order valence-corrected chi connectivity index (χ2v) is 4.67. The van der Waals surface area contributed by atoms with Crippen molar-refractivity contribution in [2.24, 2.45) is 0 Å². The van der Waals surface area contributed by atoms with E-state index in [2.05, 4.69) is 4.18 Å². The molecule has 1 rings (SSSR count). The van der Waals surface area contributed by atoms with Crippen molar-refractivity contribution >= 4 is 10.1 Å². The normalized spacial score (nSPS) is 11.6. The maximum absolute atomic E-state index is 11.8. The van der Waals surface area contributed by atoms with Gasteiger partial charge in [0.25, 0.3) is 10.1 Å². The van der Waals surface area contributed by atoms with Crippen molar-refractivity contribution in [2.45, 2.75) is 18.2 Å². The lowest BCUT2D eigenvalue weighted by Gasteiger charge is -2.06. The minimum atomic E-state index is -3.73. The van der Waals surface area contributed by atoms with Gasteiger partial charge in [-0.25, -0.2) is 0 Å². The molecular formula is C10H13FO3S. The topological polar surface area (TPSA) is 43.4 Å². The Balaban J connectivity index is 2.83. The molecule has 0 spiro atoms. The lowest BCUT2D eigenvalue weighted by Crippen LogP contribution is -2.09. The molecule has 0 radical (unpaired) electrons. The van der Waals surface area contributed by atoms with Crippen molar-refractivity contribution in [3.8, 4) is 0 Å². The number of aryl methyl sites for hydroxylation is 1. The molecule has 0 aliphatic rings. The van der Waals surface area contributed by atoms with Gasteiger partial charge in [-0.3, -0.25) is 8.57 Å². The first-order valence-electron chi connectivity index (χ1n) is 4.59. The molecule has 0 amide bonds. The van der Waals surface area contributed by atoms with Crippen molar-refractivity contribution in [1.82, 2.24) is 0 Å². The van der Waals surface area contributed by atoms with Crippen LogP contribution < -0.4 is 0 Å². The molecule has 0 saturated heterocycles. The fourth-order valence-corrected chi connectivity index (χ4v) is 2.30. The first kappa shape index (κ1) is 12.1. The summed E-state index contributed by atoms with van der Waals surface area (Å²) in [7, 11) is -3.73. The van der Waals surface area contributed by atoms with E-state index in [-0.39, 0.29) is 17.9 Å². The zero-order chi connectivity index (χ0) is 11.3. The monoisotopic (exact) mass is 232 g/mol. The Bertz CT molecular complexity index is 414. The van der Waals surface area contributed by atoms with Gasteiger partial charge in [0.05, 0.1) is 18.2 Å². The molecular weight excluding hydrogens is 219 g/mol. The summed E-state index contributed by atoms with van der Waals surface area (Å²) in [6.07, 6.45) is 0.0884. The third kappa shape index (κ3) is 3.28. The van der Waals surface area contributed by atoms with E-state index in [0.717, 1.165) is 0 Å². The second-order valence-electron chi connectivity index (χ2n) is 3.08. The number of hydrogen-bond donors (Lipinski definition) is 0. The summed E-state index contributed by atoms with van der Waals surface area (Å²) in [6, 6.07) is 6.53. The zero-order valence-electron chi connectivity index (χ0n) is 8.44. The van der Waals surface area contributed by atoms with Crippen LogP contribution in [-0.4, -0.2) is 21.7 Å². The smallest absolute Gasteiger partial charge is 0.266 e. The molecule has 84 valence electrons. The van der Waals surface area contributed by atoms with Gasteiger partial charge in [-0.05, 0) is 18.6 Å². The Morgan fingerprint density at radius 2 is 2.00 bits per heavy atom. The summed E-state index contributed by atoms with van der Waals surface area (Å²) in [4.78, 5) is 0.142. The fourth-order valence-electron chi connectivity index (χ4n) is 1.12. The summed E-state index contributed by atoms with van der Waals surface area (Å²) < 4.78 is 39.6. The van der Waals surface area contributed by atoms with Gasteiger partial charge in [-0.15, -0.1) is 0 Å². The van der Waals surface area contributed by atoms with Crippen LogP contribution in [0.3, 0.4) is 0 Å². The summed E-state index contributed by atoms with van der Waals surface area (Å²) in [5.74, 6) is 0. The molecule has 5 heteroatoms. The molecule has 0 aliphatic carbocycles. The van der Waals surface area contributed by atoms with Gasteiger partial charge < -0.3 is 0 Å². The summed E-state index contributed by atoms with van der Waals surface area (Å²) >= 11 is 0. The van der Waals surface area contributed by atoms with Gasteiger partial charge in [0.15, 0.2) is 0 Å². The highest BCUT2D eigenvalue weighted by molar-refractivity contribution is 7.86. The Labute approximate surface area is 89.0 Å². The Hall–Kier alpha value is -0.940. The van der Waals surface area contributed by atoms with Crippen LogP contribution >= 0.6 is 0 Å². The van der Waals surface area contributed by atoms with E-state index in [1.165, 1.54) is 6.07 Å². The molecule has 0 saturated carbocycles. The average molecular weight is 232 g/mol. The third-order valence-electron chi connectivity index (χ3n) is 1.88. The van der Waals surface area contributed by atoms with E-state index in [0.29, 0.717) is 5.56 Å². The minimum Gasteiger partial charge on any atom is -0.266 e. The van der Waals surface area contributed by atoms with E-state index in [1.807, 2.05) is 0 Å². The predicted octanol–water partition coefficient (Wildman–Crippen LogP) is 2.06. The Morgan fingerprint density at radius 3 is 2.60 bits per heavy atom. The molecule has 0 aromatic heterocycles. The lowest BCUT2D eigenvalue weighted by molar-refractivity contribution is 0.292. The highest BCUT2D eigenvalue weighted by atomic mass is 32.2. The molecule has 0 unspecified atom stereocenters. The van der Waals surface area contributed by atoms with Gasteiger partial charge in [0.1, 0.15) is 0 Å². The first-order valence-corrected chi connectivity index (χ1v) is 6.00. The van der Waals surface area contributed by atoms with Crippen LogP contribution in [0.25, 0.3) is 0 Å². The summed E-state index contributed by atoms with van der Waals surface area (Å²) in [5, 5.41) is 0. The van der Waals surface area contributed by atoms with Gasteiger partial charge >= 0.3 is 0 Å². The summed E-state index contributed by atoms with van der Waals surface area (Å²) in [5.41, 5.74) is 0.623. The van der Waals surface area contributed by atoms with Crippen molar-refractivity contribution in [3.63, 3.8) is 0 Å². The molecule has 0 bridgehead atoms. The first-order chi connectivity index (χ1) is 7.08. The molecule has 1 aromatic carbocycles.